The Hall–Kier alpha value is -1.01. The molecule has 0 saturated heterocycles. The number of aliphatic carboxylic acids is 1. The van der Waals surface area contributed by atoms with Crippen molar-refractivity contribution >= 4 is 35.0 Å². The topological polar surface area (TPSA) is 66.4 Å². The maximum Gasteiger partial charge on any atom is 0.303 e. The Morgan fingerprint density at radius 3 is 3.05 bits per heavy atom. The number of unbranched alkanes of at least 4 members (excludes halogenated alkanes) is 1. The van der Waals surface area contributed by atoms with Crippen molar-refractivity contribution in [2.75, 3.05) is 12.3 Å². The highest BCUT2D eigenvalue weighted by atomic mass is 32.2. The molecular formula is C13H17NO3S2. The summed E-state index contributed by atoms with van der Waals surface area (Å²) in [5.74, 6) is 0.265. The number of carbonyl (C=O) groups excluding carboxylic acids is 1. The second-order valence-electron chi connectivity index (χ2n) is 4.44. The summed E-state index contributed by atoms with van der Waals surface area (Å²) in [7, 11) is 0. The molecule has 4 nitrogen and oxygen atoms in total. The minimum atomic E-state index is -0.780. The van der Waals surface area contributed by atoms with Gasteiger partial charge in [0.2, 0.25) is 5.91 Å². The summed E-state index contributed by atoms with van der Waals surface area (Å²) in [6.07, 6.45) is 2.55. The number of carboxylic acids is 1. The number of thioether (sulfide) groups is 1. The van der Waals surface area contributed by atoms with Gasteiger partial charge in [-0.15, -0.1) is 23.1 Å². The summed E-state index contributed by atoms with van der Waals surface area (Å²) >= 11 is 3.41. The van der Waals surface area contributed by atoms with Gasteiger partial charge in [-0.2, -0.15) is 0 Å². The van der Waals surface area contributed by atoms with E-state index in [9.17, 15) is 9.59 Å². The standard InChI is InChI=1S/C13H17NO3S2/c15-11(16)3-1-2-6-14-13(17)12-9-4-7-18-10(9)5-8-19-12/h4,7,12H,1-3,5-6,8H2,(H,14,17)(H,15,16). The summed E-state index contributed by atoms with van der Waals surface area (Å²) in [5, 5.41) is 13.4. The van der Waals surface area contributed by atoms with Gasteiger partial charge in [0, 0.05) is 17.8 Å². The molecule has 0 aromatic carbocycles. The molecule has 1 unspecified atom stereocenters. The first-order chi connectivity index (χ1) is 9.18. The Bertz CT molecular complexity index is 458. The summed E-state index contributed by atoms with van der Waals surface area (Å²) in [4.78, 5) is 23.8. The van der Waals surface area contributed by atoms with Gasteiger partial charge in [0.15, 0.2) is 0 Å². The van der Waals surface area contributed by atoms with E-state index in [1.165, 1.54) is 4.88 Å². The van der Waals surface area contributed by atoms with Crippen molar-refractivity contribution in [2.24, 2.45) is 0 Å². The van der Waals surface area contributed by atoms with E-state index in [1.54, 1.807) is 23.1 Å². The van der Waals surface area contributed by atoms with Crippen molar-refractivity contribution in [3.63, 3.8) is 0 Å². The number of amides is 1. The molecular weight excluding hydrogens is 282 g/mol. The monoisotopic (exact) mass is 299 g/mol. The number of nitrogens with one attached hydrogen (secondary N) is 1. The van der Waals surface area contributed by atoms with E-state index in [0.717, 1.165) is 17.7 Å². The van der Waals surface area contributed by atoms with Crippen LogP contribution in [0.25, 0.3) is 0 Å². The highest BCUT2D eigenvalue weighted by Crippen LogP contribution is 2.39. The van der Waals surface area contributed by atoms with E-state index in [-0.39, 0.29) is 17.6 Å². The summed E-state index contributed by atoms with van der Waals surface area (Å²) in [6, 6.07) is 2.04. The lowest BCUT2D eigenvalue weighted by Crippen LogP contribution is -2.30. The molecule has 0 fully saturated rings. The van der Waals surface area contributed by atoms with Crippen molar-refractivity contribution in [1.29, 1.82) is 0 Å². The number of rotatable bonds is 6. The van der Waals surface area contributed by atoms with Crippen molar-refractivity contribution in [3.05, 3.63) is 21.9 Å². The summed E-state index contributed by atoms with van der Waals surface area (Å²) in [5.41, 5.74) is 1.16. The van der Waals surface area contributed by atoms with Crippen LogP contribution in [0.3, 0.4) is 0 Å². The largest absolute Gasteiger partial charge is 0.481 e. The Kier molecular flexibility index (Phi) is 5.27. The normalized spacial score (nSPS) is 17.8. The van der Waals surface area contributed by atoms with Gasteiger partial charge in [-0.1, -0.05) is 0 Å². The van der Waals surface area contributed by atoms with Crippen molar-refractivity contribution in [3.8, 4) is 0 Å². The van der Waals surface area contributed by atoms with Crippen LogP contribution in [0.1, 0.15) is 35.0 Å². The molecule has 2 heterocycles. The predicted octanol–water partition coefficient (Wildman–Crippen LogP) is 2.45. The van der Waals surface area contributed by atoms with Crippen molar-refractivity contribution in [2.45, 2.75) is 30.9 Å². The molecule has 0 spiro atoms. The van der Waals surface area contributed by atoms with Gasteiger partial charge >= 0.3 is 5.97 Å². The molecule has 2 rings (SSSR count). The number of carboxylic acid groups (broad SMARTS) is 1. The third-order valence-electron chi connectivity index (χ3n) is 3.03. The van der Waals surface area contributed by atoms with Crippen LogP contribution >= 0.6 is 23.1 Å². The highest BCUT2D eigenvalue weighted by Gasteiger charge is 2.27. The zero-order chi connectivity index (χ0) is 13.7. The van der Waals surface area contributed by atoms with E-state index in [2.05, 4.69) is 5.32 Å². The first-order valence-electron chi connectivity index (χ1n) is 6.36. The minimum absolute atomic E-state index is 0.0553. The molecule has 1 amide bonds. The average molecular weight is 299 g/mol. The summed E-state index contributed by atoms with van der Waals surface area (Å²) in [6.45, 7) is 0.558. The fourth-order valence-electron chi connectivity index (χ4n) is 2.07. The van der Waals surface area contributed by atoms with E-state index < -0.39 is 5.97 Å². The van der Waals surface area contributed by atoms with Crippen LogP contribution in [0.15, 0.2) is 11.4 Å². The van der Waals surface area contributed by atoms with Crippen LogP contribution in [-0.2, 0) is 16.0 Å². The predicted molar refractivity (Wildman–Crippen MR) is 77.7 cm³/mol. The lowest BCUT2D eigenvalue weighted by Gasteiger charge is -2.21. The first-order valence-corrected chi connectivity index (χ1v) is 8.28. The zero-order valence-electron chi connectivity index (χ0n) is 10.6. The molecule has 1 aliphatic heterocycles. The number of hydrogen-bond donors (Lipinski definition) is 2. The molecule has 0 bridgehead atoms. The number of hydrogen-bond acceptors (Lipinski definition) is 4. The molecule has 1 aromatic rings. The number of thiophene rings is 1. The van der Waals surface area contributed by atoms with Gasteiger partial charge in [-0.3, -0.25) is 9.59 Å². The Morgan fingerprint density at radius 1 is 1.42 bits per heavy atom. The number of fused-ring (bicyclic) bond motifs is 1. The smallest absolute Gasteiger partial charge is 0.303 e. The highest BCUT2D eigenvalue weighted by molar-refractivity contribution is 8.00. The van der Waals surface area contributed by atoms with Crippen LogP contribution in [0, 0.1) is 0 Å². The molecule has 2 N–H and O–H groups in total. The van der Waals surface area contributed by atoms with Crippen molar-refractivity contribution < 1.29 is 14.7 Å². The van der Waals surface area contributed by atoms with Gasteiger partial charge in [-0.25, -0.2) is 0 Å². The van der Waals surface area contributed by atoms with Crippen LogP contribution in [0.4, 0.5) is 0 Å². The fourth-order valence-corrected chi connectivity index (χ4v) is 4.39. The number of carbonyl (C=O) groups is 2. The second-order valence-corrected chi connectivity index (χ2v) is 6.66. The van der Waals surface area contributed by atoms with Gasteiger partial charge in [-0.05, 0) is 42.0 Å². The Balaban J connectivity index is 1.77. The first kappa shape index (κ1) is 14.4. The van der Waals surface area contributed by atoms with Gasteiger partial charge in [0.05, 0.1) is 0 Å². The molecule has 1 atom stereocenters. The van der Waals surface area contributed by atoms with Gasteiger partial charge in [0.25, 0.3) is 0 Å². The van der Waals surface area contributed by atoms with Crippen LogP contribution in [-0.4, -0.2) is 29.3 Å². The third-order valence-corrected chi connectivity index (χ3v) is 5.27. The lowest BCUT2D eigenvalue weighted by atomic mass is 10.1. The number of aryl methyl sites for hydroxylation is 1. The Labute approximate surface area is 120 Å². The second kappa shape index (κ2) is 6.96. The van der Waals surface area contributed by atoms with Crippen molar-refractivity contribution in [1.82, 2.24) is 5.32 Å². The molecule has 104 valence electrons. The summed E-state index contributed by atoms with van der Waals surface area (Å²) < 4.78 is 0. The fraction of sp³-hybridized carbons (Fsp3) is 0.538. The van der Waals surface area contributed by atoms with E-state index in [4.69, 9.17) is 5.11 Å². The van der Waals surface area contributed by atoms with Crippen LogP contribution < -0.4 is 5.32 Å². The maximum atomic E-state index is 12.1. The molecule has 0 aliphatic carbocycles. The molecule has 0 radical (unpaired) electrons. The molecule has 6 heteroatoms. The van der Waals surface area contributed by atoms with Gasteiger partial charge < -0.3 is 10.4 Å². The quantitative estimate of drug-likeness (QED) is 0.792. The molecule has 19 heavy (non-hydrogen) atoms. The van der Waals surface area contributed by atoms with E-state index >= 15 is 0 Å². The molecule has 1 aliphatic rings. The minimum Gasteiger partial charge on any atom is -0.481 e. The molecule has 0 saturated carbocycles. The van der Waals surface area contributed by atoms with Gasteiger partial charge in [0.1, 0.15) is 5.25 Å². The Morgan fingerprint density at radius 2 is 2.26 bits per heavy atom. The zero-order valence-corrected chi connectivity index (χ0v) is 12.2. The average Bonchev–Trinajstić information content (AvgIpc) is 2.85. The maximum absolute atomic E-state index is 12.1. The van der Waals surface area contributed by atoms with E-state index in [0.29, 0.717) is 19.4 Å². The lowest BCUT2D eigenvalue weighted by molar-refractivity contribution is -0.137. The van der Waals surface area contributed by atoms with Crippen LogP contribution in [0.2, 0.25) is 0 Å². The molecule has 1 aromatic heterocycles. The SMILES string of the molecule is O=C(O)CCCCNC(=O)C1SCCc2sccc21. The van der Waals surface area contributed by atoms with Crippen LogP contribution in [0.5, 0.6) is 0 Å². The van der Waals surface area contributed by atoms with E-state index in [1.807, 2.05) is 11.4 Å². The third kappa shape index (κ3) is 3.98.